The Hall–Kier alpha value is -2.19. The molecule has 0 bridgehead atoms. The van der Waals surface area contributed by atoms with Crippen molar-refractivity contribution in [2.75, 3.05) is 23.0 Å². The normalized spacial score (nSPS) is 15.6. The molecule has 1 aliphatic rings. The number of thiazole rings is 1. The predicted molar refractivity (Wildman–Crippen MR) is 155 cm³/mol. The van der Waals surface area contributed by atoms with Crippen molar-refractivity contribution in [1.82, 2.24) is 4.98 Å². The van der Waals surface area contributed by atoms with Crippen molar-refractivity contribution in [2.45, 2.75) is 23.5 Å². The van der Waals surface area contributed by atoms with E-state index in [2.05, 4.69) is 0 Å². The third kappa shape index (κ3) is 6.17. The number of hydrogen-bond acceptors (Lipinski definition) is 8. The van der Waals surface area contributed by atoms with Crippen molar-refractivity contribution >= 4 is 86.8 Å². The Balaban J connectivity index is 1.59. The highest BCUT2D eigenvalue weighted by molar-refractivity contribution is 8.04. The fraction of sp³-hybridized carbons (Fsp3) is 0.240. The van der Waals surface area contributed by atoms with Gasteiger partial charge in [-0.15, -0.1) is 0 Å². The fourth-order valence-electron chi connectivity index (χ4n) is 4.45. The minimum Gasteiger partial charge on any atom is -0.748 e. The number of nitrogens with zero attached hydrogens (tertiary/aromatic N) is 2. The van der Waals surface area contributed by atoms with Crippen LogP contribution < -0.4 is 4.90 Å². The summed E-state index contributed by atoms with van der Waals surface area (Å²) in [5.74, 6) is -0.320. The number of benzene rings is 3. The van der Waals surface area contributed by atoms with Gasteiger partial charge in [-0.3, -0.25) is 4.55 Å². The van der Waals surface area contributed by atoms with Crippen LogP contribution in [0, 0.1) is 0 Å². The van der Waals surface area contributed by atoms with E-state index in [1.807, 2.05) is 53.4 Å². The van der Waals surface area contributed by atoms with Crippen LogP contribution in [-0.2, 0) is 26.0 Å². The smallest absolute Gasteiger partial charge is 0.270 e. The predicted octanol–water partition coefficient (Wildman–Crippen LogP) is 5.91. The summed E-state index contributed by atoms with van der Waals surface area (Å²) in [4.78, 5) is 7.89. The van der Waals surface area contributed by atoms with Crippen LogP contribution in [0.4, 0.5) is 5.69 Å². The highest BCUT2D eigenvalue weighted by Gasteiger charge is 2.29. The fourth-order valence-corrected chi connectivity index (χ4v) is 9.13. The van der Waals surface area contributed by atoms with Gasteiger partial charge in [0.1, 0.15) is 11.3 Å². The van der Waals surface area contributed by atoms with Crippen LogP contribution in [0.5, 0.6) is 0 Å². The van der Waals surface area contributed by atoms with Gasteiger partial charge in [0, 0.05) is 56.6 Å². The molecule has 3 aromatic carbocycles. The van der Waals surface area contributed by atoms with Crippen molar-refractivity contribution in [3.63, 3.8) is 0 Å². The first-order chi connectivity index (χ1) is 18.0. The van der Waals surface area contributed by atoms with E-state index in [1.54, 1.807) is 12.1 Å². The quantitative estimate of drug-likeness (QED) is 0.181. The van der Waals surface area contributed by atoms with Gasteiger partial charge < -0.3 is 9.45 Å². The molecule has 0 saturated carbocycles. The number of fused-ring (bicyclic) bond motifs is 4. The lowest BCUT2D eigenvalue weighted by Crippen LogP contribution is -2.21. The average molecular weight is 611 g/mol. The van der Waals surface area contributed by atoms with Crippen LogP contribution in [0.3, 0.4) is 0 Å². The van der Waals surface area contributed by atoms with Crippen molar-refractivity contribution in [3.05, 3.63) is 69.7 Å². The zero-order chi connectivity index (χ0) is 27.1. The van der Waals surface area contributed by atoms with E-state index in [0.717, 1.165) is 41.6 Å². The minimum atomic E-state index is -4.35. The molecule has 0 radical (unpaired) electrons. The molecule has 38 heavy (non-hydrogen) atoms. The molecule has 1 aromatic heterocycles. The van der Waals surface area contributed by atoms with Crippen LogP contribution in [-0.4, -0.2) is 49.0 Å². The maximum atomic E-state index is 11.4. The van der Waals surface area contributed by atoms with Crippen LogP contribution >= 0.6 is 33.8 Å². The number of anilines is 1. The second-order valence-electron chi connectivity index (χ2n) is 8.78. The number of hydrogen-bond donors (Lipinski definition) is 1. The largest absolute Gasteiger partial charge is 0.748 e. The molecule has 1 N–H and O–H groups in total. The molecule has 2 heterocycles. The van der Waals surface area contributed by atoms with Gasteiger partial charge >= 0.3 is 0 Å². The molecular formula is C25H23ClN2O6S4. The van der Waals surface area contributed by atoms with E-state index in [1.165, 1.54) is 11.8 Å². The summed E-state index contributed by atoms with van der Waals surface area (Å²) in [6.45, 7) is 0.299. The first-order valence-electron chi connectivity index (χ1n) is 11.7. The van der Waals surface area contributed by atoms with E-state index in [-0.39, 0.29) is 18.6 Å². The second kappa shape index (κ2) is 10.8. The lowest BCUT2D eigenvalue weighted by molar-refractivity contribution is 0.461. The van der Waals surface area contributed by atoms with E-state index < -0.39 is 36.5 Å². The maximum Gasteiger partial charge on any atom is 0.270 e. The highest BCUT2D eigenvalue weighted by Crippen LogP contribution is 2.49. The van der Waals surface area contributed by atoms with E-state index in [4.69, 9.17) is 16.6 Å². The van der Waals surface area contributed by atoms with E-state index in [9.17, 15) is 25.9 Å². The highest BCUT2D eigenvalue weighted by atomic mass is 35.5. The topological polar surface area (TPSA) is 128 Å². The molecule has 13 heteroatoms. The van der Waals surface area contributed by atoms with Crippen LogP contribution in [0.25, 0.3) is 27.1 Å². The van der Waals surface area contributed by atoms with Gasteiger partial charge in [-0.2, -0.15) is 13.4 Å². The Bertz CT molecular complexity index is 1780. The standard InChI is InChI=1S/C25H23ClN2O6S4/c26-18-8-9-21-20(15-18)28(11-3-13-37(29,30)31)24(35-21)16-23-27-25-19-6-2-1-5-17(19)7-10-22(25)36(23)12-4-14-38(32,33)34/h1-2,5-10,15-16H,3-4,11-14H2,(H-,29,30,31,32,33,34). The third-order valence-electron chi connectivity index (χ3n) is 6.07. The third-order valence-corrected chi connectivity index (χ3v) is 11.3. The molecule has 0 aliphatic carbocycles. The molecule has 5 rings (SSSR count). The Morgan fingerprint density at radius 1 is 1.05 bits per heavy atom. The maximum absolute atomic E-state index is 11.4. The number of aryl methyl sites for hydroxylation is 1. The SMILES string of the molecule is O=S(=O)([O-])CCCN1C(=Cc2nc3c4ccccc4ccc3[s+]2CCCS(=O)(=O)O)Sc2ccc(Cl)cc21. The van der Waals surface area contributed by atoms with Gasteiger partial charge in [0.15, 0.2) is 0 Å². The first kappa shape index (κ1) is 27.4. The first-order valence-corrected chi connectivity index (χ1v) is 17.4. The Morgan fingerprint density at radius 2 is 1.84 bits per heavy atom. The van der Waals surface area contributed by atoms with E-state index in [0.29, 0.717) is 17.3 Å². The molecular weight excluding hydrogens is 588 g/mol. The summed E-state index contributed by atoms with van der Waals surface area (Å²) in [6.07, 6.45) is 2.37. The minimum absolute atomic E-state index is 0.146. The Labute approximate surface area is 232 Å². The monoisotopic (exact) mass is 610 g/mol. The number of halogens is 1. The second-order valence-corrected chi connectivity index (χ2v) is 15.4. The molecule has 8 nitrogen and oxygen atoms in total. The summed E-state index contributed by atoms with van der Waals surface area (Å²) in [6, 6.07) is 17.5. The molecule has 200 valence electrons. The van der Waals surface area contributed by atoms with Crippen LogP contribution in [0.1, 0.15) is 17.8 Å². The molecule has 1 aliphatic heterocycles. The molecule has 1 unspecified atom stereocenters. The summed E-state index contributed by atoms with van der Waals surface area (Å²) < 4.78 is 66.7. The van der Waals surface area contributed by atoms with Crippen LogP contribution in [0.15, 0.2) is 64.5 Å². The van der Waals surface area contributed by atoms with Crippen LogP contribution in [0.2, 0.25) is 5.02 Å². The molecule has 0 saturated heterocycles. The van der Waals surface area contributed by atoms with Crippen molar-refractivity contribution in [1.29, 1.82) is 0 Å². The van der Waals surface area contributed by atoms with Gasteiger partial charge in [0.2, 0.25) is 4.70 Å². The molecule has 1 atom stereocenters. The molecule has 0 spiro atoms. The zero-order valence-electron chi connectivity index (χ0n) is 19.9. The van der Waals surface area contributed by atoms with Gasteiger partial charge in [0.05, 0.1) is 26.6 Å². The molecule has 4 aromatic rings. The van der Waals surface area contributed by atoms with Gasteiger partial charge in [-0.05, 0) is 36.1 Å². The zero-order valence-corrected chi connectivity index (χ0v) is 23.9. The summed E-state index contributed by atoms with van der Waals surface area (Å²) >= 11 is 7.75. The summed E-state index contributed by atoms with van der Waals surface area (Å²) in [5, 5.41) is 4.16. The Morgan fingerprint density at radius 3 is 2.61 bits per heavy atom. The molecule has 0 fully saturated rings. The van der Waals surface area contributed by atoms with Gasteiger partial charge in [-0.25, -0.2) is 8.42 Å². The number of rotatable bonds is 9. The summed E-state index contributed by atoms with van der Waals surface area (Å²) in [5.41, 5.74) is 1.67. The van der Waals surface area contributed by atoms with Crippen molar-refractivity contribution < 1.29 is 25.9 Å². The van der Waals surface area contributed by atoms with Crippen molar-refractivity contribution in [3.8, 4) is 0 Å². The molecule has 0 amide bonds. The number of thioether (sulfide) groups is 1. The van der Waals surface area contributed by atoms with Crippen molar-refractivity contribution in [2.24, 2.45) is 0 Å². The van der Waals surface area contributed by atoms with E-state index >= 15 is 0 Å². The van der Waals surface area contributed by atoms with Gasteiger partial charge in [-0.1, -0.05) is 47.6 Å². The summed E-state index contributed by atoms with van der Waals surface area (Å²) in [7, 11) is -8.98. The Kier molecular flexibility index (Phi) is 7.75. The average Bonchev–Trinajstić information content (AvgIpc) is 3.35. The number of aromatic nitrogens is 1. The lowest BCUT2D eigenvalue weighted by atomic mass is 10.1. The van der Waals surface area contributed by atoms with Gasteiger partial charge in [0.25, 0.3) is 15.1 Å². The lowest BCUT2D eigenvalue weighted by Gasteiger charge is -2.20.